The lowest BCUT2D eigenvalue weighted by Crippen LogP contribution is -2.04. The Labute approximate surface area is 826 Å². The van der Waals surface area contributed by atoms with Crippen LogP contribution in [0.4, 0.5) is 0 Å². The van der Waals surface area contributed by atoms with Gasteiger partial charge in [0.15, 0.2) is 34.9 Å². The van der Waals surface area contributed by atoms with E-state index < -0.39 is 0 Å². The molecule has 0 saturated heterocycles. The molecule has 0 amide bonds. The number of para-hydroxylation sites is 6. The van der Waals surface area contributed by atoms with Crippen LogP contribution in [0.5, 0.6) is 0 Å². The van der Waals surface area contributed by atoms with E-state index in [1.54, 1.807) is 12.4 Å². The molecule has 13 heteroatoms. The van der Waals surface area contributed by atoms with Gasteiger partial charge in [-0.2, -0.15) is 0 Å². The molecule has 0 fully saturated rings. The molecule has 28 rings (SSSR count). The van der Waals surface area contributed by atoms with Gasteiger partial charge < -0.3 is 18.3 Å². The maximum atomic E-state index is 5.35. The predicted octanol–water partition coefficient (Wildman–Crippen LogP) is 33.3. The van der Waals surface area contributed by atoms with Crippen molar-refractivity contribution in [3.8, 4) is 158 Å². The van der Waals surface area contributed by atoms with Gasteiger partial charge in [-0.3, -0.25) is 9.97 Å². The van der Waals surface area contributed by atoms with E-state index in [9.17, 15) is 0 Å². The zero-order chi connectivity index (χ0) is 94.4. The average molecular weight is 1840 g/mol. The van der Waals surface area contributed by atoms with Crippen LogP contribution in [0.1, 0.15) is 0 Å². The standard InChI is InChI=1S/C75H47N5S.C55H35N7/c1-6-20-48(21-7-1)50-34-38-52(39-35-50)62-46-56(75-77-73(54-24-10-3-11-25-54)76-74(78-75)55-26-12-4-13-27-55)47-63(53-40-36-51(37-41-53)49-22-8-2-9-23-49)70(62)80-65-33-19-17-31-61(65)69-67(80)45-43-59-58-42-44-66-68(71(58)81-72(59)69)60-30-16-18-32-64(60)79(66)57-28-14-5-15-29-57;1-3-17-36(18-4-1)43-33-38(53-58-54(46-24-13-15-31-56-46)60-55(59-53)47-25-14-16-32-57-47)34-44(37-19-5-2-6-20-37)52(43)62-50-28-12-9-23-42(50)45-35-39(29-30-51(45)62)61-48-26-10-7-21-40(48)41-22-8-11-27-49(41)61/h1-47H;1-35H. The normalized spacial score (nSPS) is 11.6. The molecule has 0 spiro atoms. The number of nitrogens with zero attached hydrogens (tertiary/aromatic N) is 12. The number of benzene rings is 19. The zero-order valence-electron chi connectivity index (χ0n) is 77.1. The first-order chi connectivity index (χ1) is 70.9. The summed E-state index contributed by atoms with van der Waals surface area (Å²) in [6, 6.07) is 173. The second-order valence-electron chi connectivity index (χ2n) is 36.0. The molecule has 0 N–H and O–H groups in total. The quantitative estimate of drug-likeness (QED) is 0.0937. The molecule has 0 unspecified atom stereocenters. The molecule has 19 aromatic carbocycles. The molecule has 0 radical (unpaired) electrons. The Morgan fingerprint density at radius 1 is 0.161 bits per heavy atom. The monoisotopic (exact) mass is 1840 g/mol. The highest BCUT2D eigenvalue weighted by molar-refractivity contribution is 7.27. The largest absolute Gasteiger partial charge is 0.309 e. The van der Waals surface area contributed by atoms with Gasteiger partial charge in [-0.1, -0.05) is 364 Å². The fraction of sp³-hybridized carbons (Fsp3) is 0. The maximum Gasteiger partial charge on any atom is 0.182 e. The number of hydrogen-bond acceptors (Lipinski definition) is 9. The van der Waals surface area contributed by atoms with Crippen LogP contribution in [0.25, 0.3) is 265 Å². The molecule has 0 bridgehead atoms. The molecule has 668 valence electrons. The third-order valence-electron chi connectivity index (χ3n) is 27.7. The van der Waals surface area contributed by atoms with E-state index in [1.165, 1.54) is 96.5 Å². The lowest BCUT2D eigenvalue weighted by atomic mass is 9.91. The molecule has 143 heavy (non-hydrogen) atoms. The van der Waals surface area contributed by atoms with Crippen molar-refractivity contribution in [1.29, 1.82) is 0 Å². The maximum absolute atomic E-state index is 5.35. The number of fused-ring (bicyclic) bond motifs is 17. The van der Waals surface area contributed by atoms with Crippen LogP contribution in [0.2, 0.25) is 0 Å². The van der Waals surface area contributed by atoms with Gasteiger partial charge in [-0.05, 0) is 166 Å². The van der Waals surface area contributed by atoms with Crippen LogP contribution in [-0.4, -0.2) is 58.1 Å². The Bertz CT molecular complexity index is 9450. The highest BCUT2D eigenvalue weighted by Crippen LogP contribution is 2.52. The van der Waals surface area contributed by atoms with E-state index in [1.807, 2.05) is 84.1 Å². The van der Waals surface area contributed by atoms with Gasteiger partial charge in [0.2, 0.25) is 0 Å². The molecule has 0 saturated carbocycles. The minimum atomic E-state index is 0.476. The smallest absolute Gasteiger partial charge is 0.182 e. The summed E-state index contributed by atoms with van der Waals surface area (Å²) in [6.07, 6.45) is 3.51. The van der Waals surface area contributed by atoms with E-state index in [4.69, 9.17) is 29.9 Å². The highest BCUT2D eigenvalue weighted by atomic mass is 32.1. The highest BCUT2D eigenvalue weighted by Gasteiger charge is 2.30. The Kier molecular flexibility index (Phi) is 20.5. The van der Waals surface area contributed by atoms with Crippen LogP contribution in [0.3, 0.4) is 0 Å². The van der Waals surface area contributed by atoms with Gasteiger partial charge in [0.1, 0.15) is 11.4 Å². The van der Waals surface area contributed by atoms with Gasteiger partial charge in [-0.25, -0.2) is 29.9 Å². The lowest BCUT2D eigenvalue weighted by Gasteiger charge is -2.21. The zero-order valence-corrected chi connectivity index (χ0v) is 77.9. The summed E-state index contributed by atoms with van der Waals surface area (Å²) >= 11 is 1.92. The van der Waals surface area contributed by atoms with Crippen molar-refractivity contribution in [3.05, 3.63) is 498 Å². The summed E-state index contributed by atoms with van der Waals surface area (Å²) in [7, 11) is 0. The SMILES string of the molecule is c1ccc(-c2cc(-c3nc(-c4ccccn4)nc(-c4ccccn4)n3)cc(-c3ccccc3)c2-n2c3ccccc3c3cc(-n4c5ccccc5c5ccccc54)ccc32)cc1.c1ccc(-c2ccc(-c3cc(-c4nc(-c5ccccc5)nc(-c5ccccc5)n4)cc(-c4ccc(-c5ccccc5)cc4)c3-n3c4ccccc4c4c5sc6c(ccc7c6c6ccccc6n7-c6ccccc6)c5ccc43)cc2)cc1. The molecule has 0 aliphatic carbocycles. The summed E-state index contributed by atoms with van der Waals surface area (Å²) in [5.74, 6) is 3.30. The average Bonchev–Trinajstić information content (AvgIpc) is 1.58. The van der Waals surface area contributed by atoms with Crippen molar-refractivity contribution in [2.45, 2.75) is 0 Å². The minimum absolute atomic E-state index is 0.476. The van der Waals surface area contributed by atoms with E-state index in [-0.39, 0.29) is 0 Å². The number of thiophene rings is 1. The Morgan fingerprint density at radius 3 is 0.846 bits per heavy atom. The fourth-order valence-electron chi connectivity index (χ4n) is 21.2. The summed E-state index contributed by atoms with van der Waals surface area (Å²) in [4.78, 5) is 40.2. The summed E-state index contributed by atoms with van der Waals surface area (Å²) < 4.78 is 12.4. The topological polar surface area (TPSA) is 123 Å². The lowest BCUT2D eigenvalue weighted by molar-refractivity contribution is 1.05. The first-order valence-corrected chi connectivity index (χ1v) is 48.9. The summed E-state index contributed by atoms with van der Waals surface area (Å²) in [5, 5.41) is 12.3. The van der Waals surface area contributed by atoms with Crippen molar-refractivity contribution in [2.24, 2.45) is 0 Å². The number of aromatic nitrogens is 12. The number of pyridine rings is 2. The van der Waals surface area contributed by atoms with Crippen molar-refractivity contribution in [3.63, 3.8) is 0 Å². The van der Waals surface area contributed by atoms with Crippen molar-refractivity contribution in [2.75, 3.05) is 0 Å². The first-order valence-electron chi connectivity index (χ1n) is 48.1. The molecular weight excluding hydrogens is 1760 g/mol. The second kappa shape index (κ2) is 35.2. The van der Waals surface area contributed by atoms with Gasteiger partial charge in [-0.15, -0.1) is 11.3 Å². The Morgan fingerprint density at radius 2 is 0.434 bits per heavy atom. The first kappa shape index (κ1) is 83.3. The van der Waals surface area contributed by atoms with Gasteiger partial charge >= 0.3 is 0 Å². The molecular formula is C130H82N12S. The van der Waals surface area contributed by atoms with Gasteiger partial charge in [0.25, 0.3) is 0 Å². The van der Waals surface area contributed by atoms with Crippen molar-refractivity contribution < 1.29 is 0 Å². The molecule has 0 atom stereocenters. The van der Waals surface area contributed by atoms with Crippen molar-refractivity contribution in [1.82, 2.24) is 58.1 Å². The molecule has 9 heterocycles. The van der Waals surface area contributed by atoms with Crippen LogP contribution in [0.15, 0.2) is 498 Å². The molecule has 0 aliphatic rings. The third-order valence-corrected chi connectivity index (χ3v) is 28.9. The summed E-state index contributed by atoms with van der Waals surface area (Å²) in [6.45, 7) is 0. The predicted molar refractivity (Wildman–Crippen MR) is 591 cm³/mol. The number of hydrogen-bond donors (Lipinski definition) is 0. The molecule has 9 aromatic heterocycles. The van der Waals surface area contributed by atoms with Gasteiger partial charge in [0.05, 0.1) is 55.5 Å². The molecule has 28 aromatic rings. The Balaban J connectivity index is 0.000000148. The molecule has 12 nitrogen and oxygen atoms in total. The van der Waals surface area contributed by atoms with Crippen LogP contribution in [0, 0.1) is 0 Å². The van der Waals surface area contributed by atoms with E-state index in [2.05, 4.69) is 441 Å². The van der Waals surface area contributed by atoms with Crippen LogP contribution in [-0.2, 0) is 0 Å². The molecule has 0 aliphatic heterocycles. The fourth-order valence-corrected chi connectivity index (χ4v) is 22.6. The second-order valence-corrected chi connectivity index (χ2v) is 37.0. The van der Waals surface area contributed by atoms with E-state index >= 15 is 0 Å². The van der Waals surface area contributed by atoms with E-state index in [0.29, 0.717) is 46.3 Å². The van der Waals surface area contributed by atoms with Crippen molar-refractivity contribution >= 4 is 119 Å². The van der Waals surface area contributed by atoms with Gasteiger partial charge in [0, 0.05) is 132 Å². The summed E-state index contributed by atoms with van der Waals surface area (Å²) in [5.41, 5.74) is 31.6. The minimum Gasteiger partial charge on any atom is -0.309 e. The van der Waals surface area contributed by atoms with Crippen LogP contribution >= 0.6 is 11.3 Å². The Hall–Kier alpha value is -19.1. The third kappa shape index (κ3) is 14.6. The number of rotatable bonds is 16. The van der Waals surface area contributed by atoms with E-state index in [0.717, 1.165) is 123 Å². The van der Waals surface area contributed by atoms with Crippen LogP contribution < -0.4 is 0 Å².